The molecule has 45 heteroatoms. The van der Waals surface area contributed by atoms with Crippen molar-refractivity contribution in [1.29, 1.82) is 5.41 Å². The van der Waals surface area contributed by atoms with E-state index in [4.69, 9.17) is 33.2 Å². The molecule has 0 fully saturated rings. The van der Waals surface area contributed by atoms with Crippen LogP contribution < -0.4 is 79.9 Å². The van der Waals surface area contributed by atoms with E-state index in [1.54, 1.807) is 53.4 Å². The van der Waals surface area contributed by atoms with Crippen LogP contribution >= 0.6 is 23.4 Å². The zero-order chi connectivity index (χ0) is 88.2. The molecule has 4 aromatic heterocycles. The largest absolute Gasteiger partial charge is 0.481 e. The number of hydrogen-bond acceptors (Lipinski definition) is 25. The van der Waals surface area contributed by atoms with Gasteiger partial charge in [-0.2, -0.15) is 10.1 Å². The molecule has 0 spiro atoms. The number of halogens is 1. The lowest BCUT2D eigenvalue weighted by Crippen LogP contribution is -2.58. The normalized spacial score (nSPS) is 13.8. The predicted molar refractivity (Wildman–Crippen MR) is 444 cm³/mol. The molecular formula is C77H79ClN22O21S. The van der Waals surface area contributed by atoms with Crippen LogP contribution in [-0.4, -0.2) is 218 Å². The topological polar surface area (TPSA) is 673 Å². The minimum atomic E-state index is -2.11. The second-order valence-electron chi connectivity index (χ2n) is 27.4. The molecule has 1 aliphatic heterocycles. The first-order chi connectivity index (χ1) is 58.2. The third-order valence-corrected chi connectivity index (χ3v) is 20.3. The molecular weight excluding hydrogens is 1640 g/mol. The maximum Gasteiger partial charge on any atom is 0.339 e. The van der Waals surface area contributed by atoms with E-state index in [1.807, 2.05) is 24.3 Å². The molecule has 10 amide bonds. The van der Waals surface area contributed by atoms with E-state index in [9.17, 15) is 97.1 Å². The Morgan fingerprint density at radius 1 is 0.689 bits per heavy atom. The van der Waals surface area contributed by atoms with Crippen molar-refractivity contribution in [3.8, 4) is 5.75 Å². The number of H-pyrrole nitrogens is 3. The summed E-state index contributed by atoms with van der Waals surface area (Å²) in [6.07, 6.45) is -1.68. The molecule has 0 saturated carbocycles. The maximum absolute atomic E-state index is 14.3. The fourth-order valence-corrected chi connectivity index (χ4v) is 14.1. The molecule has 5 heterocycles. The number of nitrogens with one attached hydrogen (secondary N) is 14. The average molecular weight is 1720 g/mol. The molecule has 0 bridgehead atoms. The lowest BCUT2D eigenvalue weighted by Gasteiger charge is -2.25. The maximum atomic E-state index is 14.3. The lowest BCUT2D eigenvalue weighted by atomic mass is 9.95. The number of thioether (sulfide) groups is 1. The minimum absolute atomic E-state index is 0.0179. The number of carbonyl (C=O) groups excluding carboxylic acids is 11. The van der Waals surface area contributed by atoms with Crippen LogP contribution in [0.1, 0.15) is 107 Å². The summed E-state index contributed by atoms with van der Waals surface area (Å²) in [5.74, 6) is -16.7. The van der Waals surface area contributed by atoms with E-state index < -0.39 is 174 Å². The van der Waals surface area contributed by atoms with Gasteiger partial charge in [0.05, 0.1) is 54.6 Å². The second-order valence-corrected chi connectivity index (χ2v) is 29.0. The zero-order valence-electron chi connectivity index (χ0n) is 64.4. The Hall–Kier alpha value is -15.2. The summed E-state index contributed by atoms with van der Waals surface area (Å²) in [5.41, 5.74) is 17.0. The number of amides is 10. The summed E-state index contributed by atoms with van der Waals surface area (Å²) in [6, 6.07) is 17.3. The lowest BCUT2D eigenvalue weighted by molar-refractivity contribution is -0.143. The van der Waals surface area contributed by atoms with Crippen molar-refractivity contribution in [3.05, 3.63) is 148 Å². The van der Waals surface area contributed by atoms with Crippen molar-refractivity contribution in [1.82, 2.24) is 67.2 Å². The Bertz CT molecular complexity index is 5780. The van der Waals surface area contributed by atoms with Gasteiger partial charge in [0.2, 0.25) is 35.5 Å². The number of aromatic amines is 3. The van der Waals surface area contributed by atoms with Gasteiger partial charge in [-0.1, -0.05) is 24.3 Å². The number of Topliss-reactive ketones (excluding diaryl/α,β-unsaturated/α-hetero) is 1. The summed E-state index contributed by atoms with van der Waals surface area (Å²) in [4.78, 5) is 234. The number of anilines is 5. The summed E-state index contributed by atoms with van der Waals surface area (Å²) < 4.78 is 5.57. The number of alkyl halides is 1. The van der Waals surface area contributed by atoms with Crippen LogP contribution in [0, 0.1) is 5.41 Å². The molecule has 1 aliphatic rings. The minimum Gasteiger partial charge on any atom is -0.481 e. The van der Waals surface area contributed by atoms with Crippen molar-refractivity contribution in [3.63, 3.8) is 0 Å². The number of esters is 1. The van der Waals surface area contributed by atoms with Crippen molar-refractivity contribution < 1.29 is 97.1 Å². The number of aliphatic carboxylic acids is 4. The van der Waals surface area contributed by atoms with Crippen LogP contribution in [0.3, 0.4) is 0 Å². The van der Waals surface area contributed by atoms with Gasteiger partial charge in [-0.25, -0.2) is 34.8 Å². The van der Waals surface area contributed by atoms with Gasteiger partial charge < -0.3 is 99.3 Å². The Balaban J connectivity index is 0.675. The number of carbonyl (C=O) groups is 15. The number of benzene rings is 5. The highest BCUT2D eigenvalue weighted by atomic mass is 35.5. The van der Waals surface area contributed by atoms with Gasteiger partial charge in [-0.15, -0.1) is 23.4 Å². The molecule has 0 saturated heterocycles. The van der Waals surface area contributed by atoms with Crippen molar-refractivity contribution in [2.75, 3.05) is 51.3 Å². The molecule has 9 aromatic rings. The van der Waals surface area contributed by atoms with E-state index >= 15 is 0 Å². The summed E-state index contributed by atoms with van der Waals surface area (Å²) in [7, 11) is 0. The Morgan fingerprint density at radius 2 is 1.30 bits per heavy atom. The second kappa shape index (κ2) is 40.8. The summed E-state index contributed by atoms with van der Waals surface area (Å²) in [5, 5.41) is 74.0. The number of fused-ring (bicyclic) bond motifs is 6. The van der Waals surface area contributed by atoms with Crippen LogP contribution in [0.4, 0.5) is 33.5 Å². The third-order valence-electron chi connectivity index (χ3n) is 18.5. The molecule has 0 radical (unpaired) electrons. The number of nitrogens with two attached hydrogens (primary N) is 2. The highest BCUT2D eigenvalue weighted by Gasteiger charge is 2.38. The van der Waals surface area contributed by atoms with Crippen LogP contribution in [0.15, 0.2) is 124 Å². The van der Waals surface area contributed by atoms with Gasteiger partial charge in [-0.3, -0.25) is 72.7 Å². The number of rotatable bonds is 39. The van der Waals surface area contributed by atoms with Gasteiger partial charge in [0.1, 0.15) is 53.1 Å². The van der Waals surface area contributed by atoms with Crippen LogP contribution in [0.25, 0.3) is 43.7 Å². The highest BCUT2D eigenvalue weighted by molar-refractivity contribution is 8.00. The van der Waals surface area contributed by atoms with E-state index in [1.165, 1.54) is 43.5 Å². The van der Waals surface area contributed by atoms with Crippen LogP contribution in [0.2, 0.25) is 0 Å². The first kappa shape index (κ1) is 89.1. The number of aliphatic imine (C=N–C) groups is 1. The fourth-order valence-electron chi connectivity index (χ4n) is 12.7. The first-order valence-corrected chi connectivity index (χ1v) is 38.6. The number of guanidine groups is 1. The van der Waals surface area contributed by atoms with Crippen LogP contribution in [-0.2, 0) is 59.3 Å². The van der Waals surface area contributed by atoms with Crippen LogP contribution in [0.5, 0.6) is 5.75 Å². The number of ether oxygens (including phenoxy) is 1. The van der Waals surface area contributed by atoms with Gasteiger partial charge in [0.15, 0.2) is 17.1 Å². The molecule has 10 rings (SSSR count). The predicted octanol–water partition coefficient (Wildman–Crippen LogP) is 2.87. The molecule has 636 valence electrons. The number of hydrazone groups is 1. The first-order valence-electron chi connectivity index (χ1n) is 37.0. The number of carboxylic acids is 4. The zero-order valence-corrected chi connectivity index (χ0v) is 66.0. The van der Waals surface area contributed by atoms with Gasteiger partial charge in [0.25, 0.3) is 23.3 Å². The van der Waals surface area contributed by atoms with E-state index in [-0.39, 0.29) is 83.5 Å². The number of carboxylic acid groups (broad SMARTS) is 4. The number of nitrogens with zero attached hydrogens (tertiary/aromatic N) is 6. The number of nitrogen functional groups attached to an aromatic ring is 1. The number of urea groups is 1. The number of ketones is 1. The standard InChI is InChI=1S/C77H79ClN22O21S/c1-35(101)58(29-60(104)82-20-21-86-99-77(120)89-43-14-16-47-38(23-43)24-51(90-47)68(111)88-42-13-15-48-39(22-42)25-54(91-48)72(115)100-33-40(30-78)63-46-7-4-3-6-45(46)57(28-56(63)100)121-36(2)102)122-34-55(74(118)119)96-70(113)53(27-62(107)108)95-67(110)49(8-5-19-83-75(79)80)93-69(112)52(26-61(105)106)92-59(103)18-17-50(73(116)117)94-66(109)37-9-11-41(12-10-37)84-31-44-32-85-65-64(87-44)71(114)98-76(81)97-65/h3-4,6-7,9-16,20-25,28,32,40,49-50,52-53,55,58,84,90-91H,5,8,17-19,26-27,29-31,33-34H2,1-2H3,(H,88,111)(H,92,103)(H,93,112)(H,94,109)(H,95,110)(H,96,113)(H,105,106)(H,107,108)(H,116,117)(H,118,119)(H4,79,80,83)(H2,89,99,120)(H3,81,85,97,98,114)/b82-20?,86-21+/t40?,49-,50-,52-,53-,55-,58?/m0/s1. The Kier molecular flexibility index (Phi) is 29.8. The number of hydrogen-bond donors (Lipinski definition) is 20. The van der Waals surface area contributed by atoms with E-state index in [0.717, 1.165) is 30.3 Å². The van der Waals surface area contributed by atoms with Gasteiger partial charge in [0, 0.05) is 106 Å². The van der Waals surface area contributed by atoms with E-state index in [0.29, 0.717) is 67.5 Å². The smallest absolute Gasteiger partial charge is 0.339 e. The number of aromatic nitrogens is 6. The average Bonchev–Trinajstić information content (AvgIpc) is 1.57. The van der Waals surface area contributed by atoms with Crippen molar-refractivity contribution >= 4 is 203 Å². The highest BCUT2D eigenvalue weighted by Crippen LogP contribution is 2.46. The molecule has 122 heavy (non-hydrogen) atoms. The van der Waals surface area contributed by atoms with Crippen molar-refractivity contribution in [2.45, 2.75) is 107 Å². The molecule has 0 aliphatic carbocycles. The SMILES string of the molecule is CC(=O)Oc1cc2c(c3ccccc13)C(CCl)CN2C(=O)c1cc2cc(NC(=O)c3cc4cc(NC(=O)N/N=C/C=NC(=O)CC(SC[C@H](NC(=O)[C@H](CC(=O)O)NC(=O)[C@H](CCCNC(=N)N)NC(=O)[C@H](CC(=O)O)NC(=O)CC[C@H](NC(=O)c5ccc(NCc6cnc7nc(N)[nH]c(=O)c7n6)cc5)C(=O)O)C(=O)O)C(C)=O)ccc4[nH]3)ccc2[nH]1. The van der Waals surface area contributed by atoms with Gasteiger partial charge in [-0.05, 0) is 110 Å². The monoisotopic (exact) mass is 1710 g/mol. The Labute approximate surface area is 697 Å². The third kappa shape index (κ3) is 24.0. The summed E-state index contributed by atoms with van der Waals surface area (Å²) >= 11 is 7.05. The molecule has 7 atom stereocenters. The molecule has 2 unspecified atom stereocenters. The molecule has 22 N–H and O–H groups in total. The summed E-state index contributed by atoms with van der Waals surface area (Å²) in [6.45, 7) is 2.59. The fraction of sp³-hybridized carbons (Fsp3) is 0.273. The quantitative estimate of drug-likeness (QED) is 0.00501. The van der Waals surface area contributed by atoms with Crippen molar-refractivity contribution in [2.24, 2.45) is 15.8 Å². The molecule has 5 aromatic carbocycles. The van der Waals surface area contributed by atoms with E-state index in [2.05, 4.69) is 93.3 Å². The molecule has 43 nitrogen and oxygen atoms in total. The Morgan fingerprint density at radius 3 is 1.94 bits per heavy atom. The van der Waals surface area contributed by atoms with Gasteiger partial charge >= 0.3 is 35.9 Å².